The molecule has 112 valence electrons. The van der Waals surface area contributed by atoms with Crippen LogP contribution in [0.1, 0.15) is 0 Å². The molecular formula is C14H13F3O3Si. The van der Waals surface area contributed by atoms with E-state index in [-0.39, 0.29) is 5.56 Å². The lowest BCUT2D eigenvalue weighted by molar-refractivity contribution is 0.169. The highest BCUT2D eigenvalue weighted by Crippen LogP contribution is 2.24. The van der Waals surface area contributed by atoms with Gasteiger partial charge in [-0.3, -0.25) is 0 Å². The lowest BCUT2D eigenvalue weighted by Crippen LogP contribution is -2.52. The highest BCUT2D eigenvalue weighted by atomic mass is 28.4. The lowest BCUT2D eigenvalue weighted by Gasteiger charge is -2.20. The van der Waals surface area contributed by atoms with Crippen molar-refractivity contribution in [1.29, 1.82) is 0 Å². The number of hydrogen-bond acceptors (Lipinski definition) is 3. The van der Waals surface area contributed by atoms with Crippen LogP contribution in [0.25, 0.3) is 11.1 Å². The first kappa shape index (κ1) is 15.7. The molecule has 0 aromatic heterocycles. The zero-order chi connectivity index (χ0) is 15.6. The topological polar surface area (TPSA) is 38.7 Å². The maximum absolute atomic E-state index is 13.7. The first-order valence-electron chi connectivity index (χ1n) is 5.99. The minimum absolute atomic E-state index is 0.0690. The third kappa shape index (κ3) is 3.00. The molecule has 0 radical (unpaired) electrons. The Morgan fingerprint density at radius 1 is 0.857 bits per heavy atom. The van der Waals surface area contributed by atoms with E-state index in [1.165, 1.54) is 38.5 Å². The van der Waals surface area contributed by atoms with Gasteiger partial charge in [0, 0.05) is 31.0 Å². The zero-order valence-electron chi connectivity index (χ0n) is 11.4. The summed E-state index contributed by atoms with van der Waals surface area (Å²) in [6, 6.07) is 7.22. The largest absolute Gasteiger partial charge is 0.533 e. The quantitative estimate of drug-likeness (QED) is 0.694. The van der Waals surface area contributed by atoms with Crippen LogP contribution in [0.3, 0.4) is 0 Å². The predicted octanol–water partition coefficient (Wildman–Crippen LogP) is 2.20. The Labute approximate surface area is 120 Å². The molecular weight excluding hydrogens is 301 g/mol. The molecule has 2 aromatic rings. The van der Waals surface area contributed by atoms with E-state index >= 15 is 0 Å². The Hall–Kier alpha value is -1.67. The summed E-state index contributed by atoms with van der Waals surface area (Å²) in [5.74, 6) is -3.24. The molecule has 1 N–H and O–H groups in total. The standard InChI is InChI=1S/C14H13F3O3Si/c1-19-21(18,20-2)10-5-3-9(4-6-10)11-7-13(16)14(17)8-12(11)15/h3-8,18H,1-2H3. The molecule has 0 spiro atoms. The smallest absolute Gasteiger partial charge is 0.386 e. The molecule has 3 nitrogen and oxygen atoms in total. The minimum atomic E-state index is -3.46. The molecule has 2 rings (SSSR count). The highest BCUT2D eigenvalue weighted by Gasteiger charge is 2.37. The van der Waals surface area contributed by atoms with Gasteiger partial charge in [-0.2, -0.15) is 0 Å². The van der Waals surface area contributed by atoms with Gasteiger partial charge in [-0.05, 0) is 11.6 Å². The van der Waals surface area contributed by atoms with Crippen LogP contribution < -0.4 is 5.19 Å². The number of benzene rings is 2. The van der Waals surface area contributed by atoms with E-state index in [1.807, 2.05) is 0 Å². The second kappa shape index (κ2) is 5.98. The van der Waals surface area contributed by atoms with Gasteiger partial charge >= 0.3 is 8.80 Å². The summed E-state index contributed by atoms with van der Waals surface area (Å²) in [7, 11) is -0.822. The van der Waals surface area contributed by atoms with Crippen LogP contribution >= 0.6 is 0 Å². The molecule has 0 heterocycles. The fraction of sp³-hybridized carbons (Fsp3) is 0.143. The Bertz CT molecular complexity index is 643. The molecule has 0 aliphatic rings. The average molecular weight is 314 g/mol. The first-order valence-corrected chi connectivity index (χ1v) is 7.76. The Morgan fingerprint density at radius 2 is 1.38 bits per heavy atom. The third-order valence-electron chi connectivity index (χ3n) is 3.12. The molecule has 2 aromatic carbocycles. The van der Waals surface area contributed by atoms with Gasteiger partial charge in [-0.25, -0.2) is 13.2 Å². The molecule has 0 unspecified atom stereocenters. The summed E-state index contributed by atoms with van der Waals surface area (Å²) < 4.78 is 49.7. The van der Waals surface area contributed by atoms with Crippen molar-refractivity contribution in [2.75, 3.05) is 14.2 Å². The Morgan fingerprint density at radius 3 is 1.90 bits per heavy atom. The summed E-state index contributed by atoms with van der Waals surface area (Å²) in [4.78, 5) is 10.1. The van der Waals surface area contributed by atoms with Gasteiger partial charge in [0.2, 0.25) is 0 Å². The Kier molecular flexibility index (Phi) is 4.48. The van der Waals surface area contributed by atoms with Gasteiger partial charge in [0.05, 0.1) is 0 Å². The van der Waals surface area contributed by atoms with Crippen molar-refractivity contribution in [1.82, 2.24) is 0 Å². The van der Waals surface area contributed by atoms with Gasteiger partial charge in [0.1, 0.15) is 5.82 Å². The number of halogens is 3. The molecule has 0 fully saturated rings. The SMILES string of the molecule is CO[Si](O)(OC)c1ccc(-c2cc(F)c(F)cc2F)cc1. The fourth-order valence-electron chi connectivity index (χ4n) is 1.92. The van der Waals surface area contributed by atoms with Gasteiger partial charge < -0.3 is 13.6 Å². The molecule has 7 heteroatoms. The minimum Gasteiger partial charge on any atom is -0.386 e. The van der Waals surface area contributed by atoms with E-state index in [0.717, 1.165) is 6.07 Å². The van der Waals surface area contributed by atoms with Crippen LogP contribution in [0, 0.1) is 17.5 Å². The summed E-state index contributed by atoms with van der Waals surface area (Å²) >= 11 is 0. The molecule has 0 saturated carbocycles. The van der Waals surface area contributed by atoms with Crippen LogP contribution in [0.2, 0.25) is 0 Å². The van der Waals surface area contributed by atoms with E-state index in [4.69, 9.17) is 8.85 Å². The van der Waals surface area contributed by atoms with Crippen LogP contribution in [-0.2, 0) is 8.85 Å². The van der Waals surface area contributed by atoms with Crippen molar-refractivity contribution in [3.63, 3.8) is 0 Å². The maximum Gasteiger partial charge on any atom is 0.533 e. The van der Waals surface area contributed by atoms with Crippen LogP contribution in [0.4, 0.5) is 13.2 Å². The third-order valence-corrected chi connectivity index (χ3v) is 5.29. The molecule has 0 aliphatic heterocycles. The van der Waals surface area contributed by atoms with Crippen LogP contribution in [0.5, 0.6) is 0 Å². The molecule has 0 atom stereocenters. The normalized spacial score (nSPS) is 11.7. The molecule has 0 aliphatic carbocycles. The van der Waals surface area contributed by atoms with Crippen molar-refractivity contribution >= 4 is 14.0 Å². The van der Waals surface area contributed by atoms with Crippen molar-refractivity contribution in [3.8, 4) is 11.1 Å². The molecule has 21 heavy (non-hydrogen) atoms. The summed E-state index contributed by atoms with van der Waals surface area (Å²) in [5, 5.41) is 0.416. The zero-order valence-corrected chi connectivity index (χ0v) is 12.4. The van der Waals surface area contributed by atoms with Crippen molar-refractivity contribution in [2.45, 2.75) is 0 Å². The molecule has 0 bridgehead atoms. The molecule has 0 amide bonds. The Balaban J connectivity index is 2.42. The van der Waals surface area contributed by atoms with E-state index in [9.17, 15) is 18.0 Å². The lowest BCUT2D eigenvalue weighted by atomic mass is 10.1. The monoisotopic (exact) mass is 314 g/mol. The van der Waals surface area contributed by atoms with E-state index in [0.29, 0.717) is 16.8 Å². The maximum atomic E-state index is 13.7. The van der Waals surface area contributed by atoms with Gasteiger partial charge in [0.25, 0.3) is 0 Å². The molecule has 0 saturated heterocycles. The van der Waals surface area contributed by atoms with Crippen molar-refractivity contribution < 1.29 is 26.8 Å². The van der Waals surface area contributed by atoms with Crippen molar-refractivity contribution in [2.24, 2.45) is 0 Å². The van der Waals surface area contributed by atoms with E-state index < -0.39 is 26.3 Å². The van der Waals surface area contributed by atoms with Gasteiger partial charge in [-0.15, -0.1) is 0 Å². The van der Waals surface area contributed by atoms with Gasteiger partial charge in [0.15, 0.2) is 11.6 Å². The highest BCUT2D eigenvalue weighted by molar-refractivity contribution is 6.74. The summed E-state index contributed by atoms with van der Waals surface area (Å²) in [6.45, 7) is 0. The number of hydrogen-bond donors (Lipinski definition) is 1. The first-order chi connectivity index (χ1) is 9.91. The van der Waals surface area contributed by atoms with Crippen molar-refractivity contribution in [3.05, 3.63) is 53.8 Å². The van der Waals surface area contributed by atoms with Gasteiger partial charge in [-0.1, -0.05) is 24.3 Å². The number of rotatable bonds is 4. The summed E-state index contributed by atoms with van der Waals surface area (Å²) in [5.41, 5.74) is 0.277. The van der Waals surface area contributed by atoms with Crippen LogP contribution in [0.15, 0.2) is 36.4 Å². The fourth-order valence-corrected chi connectivity index (χ4v) is 3.15. The second-order valence-corrected chi connectivity index (χ2v) is 6.87. The van der Waals surface area contributed by atoms with Crippen LogP contribution in [-0.4, -0.2) is 27.8 Å². The second-order valence-electron chi connectivity index (χ2n) is 4.31. The predicted molar refractivity (Wildman–Crippen MR) is 73.4 cm³/mol. The summed E-state index contributed by atoms with van der Waals surface area (Å²) in [6.07, 6.45) is 0. The van der Waals surface area contributed by atoms with E-state index in [2.05, 4.69) is 0 Å². The van der Waals surface area contributed by atoms with E-state index in [1.54, 1.807) is 0 Å². The average Bonchev–Trinajstić information content (AvgIpc) is 2.50.